The van der Waals surface area contributed by atoms with Crippen LogP contribution in [0, 0.1) is 25.2 Å². The Hall–Kier alpha value is -6.97. The van der Waals surface area contributed by atoms with E-state index in [1.807, 2.05) is 18.2 Å². The fourth-order valence-corrected chi connectivity index (χ4v) is 11.7. The number of nitrogens with zero attached hydrogens (tertiary/aromatic N) is 4. The molecule has 0 N–H and O–H groups in total. The zero-order valence-corrected chi connectivity index (χ0v) is 45.4. The topological polar surface area (TPSA) is 48.3 Å². The monoisotopic (exact) mass is 945 g/mol. The number of hydrogen-bond acceptors (Lipinski definition) is 4. The van der Waals surface area contributed by atoms with Crippen LogP contribution in [-0.2, 0) is 21.7 Å². The summed E-state index contributed by atoms with van der Waals surface area (Å²) >= 11 is 0. The van der Waals surface area contributed by atoms with E-state index >= 15 is 0 Å². The first kappa shape index (κ1) is 47.4. The smallest absolute Gasteiger partial charge is 0.297 e. The average molecular weight is 945 g/mol. The molecule has 0 bridgehead atoms. The number of rotatable bonds is 5. The summed E-state index contributed by atoms with van der Waals surface area (Å²) in [5.41, 5.74) is 23.4. The van der Waals surface area contributed by atoms with Crippen LogP contribution in [0.15, 0.2) is 126 Å². The molecule has 5 nitrogen and oxygen atoms in total. The predicted molar refractivity (Wildman–Crippen MR) is 308 cm³/mol. The van der Waals surface area contributed by atoms with Crippen molar-refractivity contribution in [2.45, 2.75) is 138 Å². The van der Waals surface area contributed by atoms with Crippen LogP contribution in [0.4, 0.5) is 34.1 Å². The molecule has 6 heteroatoms. The average Bonchev–Trinajstić information content (AvgIpc) is 3.85. The first-order valence-corrected chi connectivity index (χ1v) is 26.0. The third-order valence-corrected chi connectivity index (χ3v) is 15.8. The summed E-state index contributed by atoms with van der Waals surface area (Å²) in [5, 5.41) is 13.9. The highest BCUT2D eigenvalue weighted by atomic mass is 16.3. The van der Waals surface area contributed by atoms with Gasteiger partial charge in [-0.05, 0) is 164 Å². The SMILES string of the molecule is Cc1cc(C(C)C)cc(C)c1N1c2cc(N(c3ccc(C(C)(C)C)cc3)c3ccc(C(C)(C)C)cc3)cc3c2B(c2oc4ccc(C#N)cc4c21)c1cc(C(C)(C)C)cc2c4cc(C(C)(C)C)ccc4n-3c12. The summed E-state index contributed by atoms with van der Waals surface area (Å²) in [4.78, 5) is 4.97. The summed E-state index contributed by atoms with van der Waals surface area (Å²) in [6, 6.07) is 48.6. The Morgan fingerprint density at radius 2 is 1.08 bits per heavy atom. The Balaban J connectivity index is 1.34. The van der Waals surface area contributed by atoms with Crippen molar-refractivity contribution in [3.05, 3.63) is 166 Å². The van der Waals surface area contributed by atoms with Crippen LogP contribution >= 0.6 is 0 Å². The second kappa shape index (κ2) is 16.0. The number of aryl methyl sites for hydroxylation is 2. The van der Waals surface area contributed by atoms with E-state index in [1.54, 1.807) is 0 Å². The molecule has 0 atom stereocenters. The number of fused-ring (bicyclic) bond motifs is 9. The molecule has 0 radical (unpaired) electrons. The van der Waals surface area contributed by atoms with E-state index in [1.165, 1.54) is 71.7 Å². The van der Waals surface area contributed by atoms with Crippen LogP contribution in [0.3, 0.4) is 0 Å². The molecule has 2 aliphatic heterocycles. The van der Waals surface area contributed by atoms with Gasteiger partial charge in [0.15, 0.2) is 0 Å². The van der Waals surface area contributed by atoms with Gasteiger partial charge in [-0.25, -0.2) is 0 Å². The van der Waals surface area contributed by atoms with Gasteiger partial charge in [-0.2, -0.15) is 5.26 Å². The van der Waals surface area contributed by atoms with Crippen LogP contribution in [0.25, 0.3) is 38.5 Å². The van der Waals surface area contributed by atoms with Gasteiger partial charge in [-0.3, -0.25) is 0 Å². The summed E-state index contributed by atoms with van der Waals surface area (Å²) in [6.45, 7) is 36.4. The molecule has 0 aliphatic carbocycles. The molecule has 2 aliphatic rings. The molecule has 7 aromatic carbocycles. The van der Waals surface area contributed by atoms with Crippen LogP contribution < -0.4 is 26.4 Å². The van der Waals surface area contributed by atoms with E-state index in [2.05, 4.69) is 234 Å². The van der Waals surface area contributed by atoms with Crippen molar-refractivity contribution in [2.75, 3.05) is 9.80 Å². The van der Waals surface area contributed by atoms with Crippen LogP contribution in [0.5, 0.6) is 0 Å². The standard InChI is InChI=1S/C66H69BN4O/c1-38(2)42-29-39(3)59(40(4)30-42)71-56-36-49(69(47-23-18-43(19-24-47)63(5,6)7)48-25-20-44(21-26-48)64(8,9)10)35-55-58(56)67(62-61(71)52-31-41(37-68)17-28-57(52)72-62)53-34-46(66(14,15)16)33-51-50-32-45(65(11,12)13)22-27-54(50)70(55)60(51)53/h17-36,38H,1-16H3. The summed E-state index contributed by atoms with van der Waals surface area (Å²) in [5.74, 6) is 0.362. The fourth-order valence-electron chi connectivity index (χ4n) is 11.7. The Bertz CT molecular complexity index is 3660. The number of benzene rings is 7. The normalized spacial score (nSPS) is 13.6. The van der Waals surface area contributed by atoms with E-state index in [-0.39, 0.29) is 28.4 Å². The minimum atomic E-state index is -0.252. The van der Waals surface area contributed by atoms with Gasteiger partial charge in [-0.15, -0.1) is 0 Å². The predicted octanol–water partition coefficient (Wildman–Crippen LogP) is 16.4. The molecule has 0 unspecified atom stereocenters. The molecule has 11 rings (SSSR count). The highest BCUT2D eigenvalue weighted by Crippen LogP contribution is 2.50. The lowest BCUT2D eigenvalue weighted by Crippen LogP contribution is -2.60. The number of aromatic nitrogens is 1. The highest BCUT2D eigenvalue weighted by Gasteiger charge is 2.47. The Morgan fingerprint density at radius 3 is 1.62 bits per heavy atom. The van der Waals surface area contributed by atoms with Gasteiger partial charge >= 0.3 is 0 Å². The molecule has 9 aromatic rings. The maximum absolute atomic E-state index is 10.5. The van der Waals surface area contributed by atoms with Gasteiger partial charge in [0.1, 0.15) is 5.58 Å². The lowest BCUT2D eigenvalue weighted by atomic mass is 9.35. The zero-order chi connectivity index (χ0) is 51.3. The second-order valence-corrected chi connectivity index (χ2v) is 25.4. The van der Waals surface area contributed by atoms with E-state index in [4.69, 9.17) is 4.42 Å². The van der Waals surface area contributed by atoms with Crippen molar-refractivity contribution in [3.63, 3.8) is 0 Å². The van der Waals surface area contributed by atoms with E-state index in [0.717, 1.165) is 56.4 Å². The molecule has 0 saturated carbocycles. The molecule has 0 amide bonds. The third-order valence-electron chi connectivity index (χ3n) is 15.8. The Labute approximate surface area is 428 Å². The summed E-state index contributed by atoms with van der Waals surface area (Å²) in [7, 11) is 0. The number of nitriles is 1. The largest absolute Gasteiger partial charge is 0.468 e. The van der Waals surface area contributed by atoms with Gasteiger partial charge in [-0.1, -0.05) is 145 Å². The maximum atomic E-state index is 10.5. The van der Waals surface area contributed by atoms with E-state index in [9.17, 15) is 5.26 Å². The van der Waals surface area contributed by atoms with E-state index in [0.29, 0.717) is 11.5 Å². The van der Waals surface area contributed by atoms with Gasteiger partial charge in [0.05, 0.1) is 39.9 Å². The van der Waals surface area contributed by atoms with Gasteiger partial charge < -0.3 is 18.8 Å². The van der Waals surface area contributed by atoms with Gasteiger partial charge in [0.2, 0.25) is 0 Å². The molecule has 0 spiro atoms. The molecule has 0 fully saturated rings. The first-order chi connectivity index (χ1) is 33.8. The van der Waals surface area contributed by atoms with Crippen LogP contribution in [0.2, 0.25) is 0 Å². The number of hydrogen-bond donors (Lipinski definition) is 0. The highest BCUT2D eigenvalue weighted by molar-refractivity contribution is 7.00. The molecular weight excluding hydrogens is 876 g/mol. The third kappa shape index (κ3) is 7.40. The fraction of sp³-hybridized carbons (Fsp3) is 0.318. The van der Waals surface area contributed by atoms with Gasteiger partial charge in [0, 0.05) is 44.4 Å². The van der Waals surface area contributed by atoms with Crippen molar-refractivity contribution < 1.29 is 4.42 Å². The van der Waals surface area contributed by atoms with Crippen LogP contribution in [0.1, 0.15) is 147 Å². The quantitative estimate of drug-likeness (QED) is 0.161. The van der Waals surface area contributed by atoms with Gasteiger partial charge in [0.25, 0.3) is 6.71 Å². The molecule has 0 saturated heterocycles. The van der Waals surface area contributed by atoms with Crippen molar-refractivity contribution >= 4 is 90.2 Å². The molecule has 362 valence electrons. The zero-order valence-electron chi connectivity index (χ0n) is 45.4. The minimum absolute atomic E-state index is 0.00546. The van der Waals surface area contributed by atoms with Crippen molar-refractivity contribution in [3.8, 4) is 11.8 Å². The lowest BCUT2D eigenvalue weighted by molar-refractivity contribution is 0.590. The molecule has 2 aromatic heterocycles. The summed E-state index contributed by atoms with van der Waals surface area (Å²) < 4.78 is 9.95. The second-order valence-electron chi connectivity index (χ2n) is 25.4. The minimum Gasteiger partial charge on any atom is -0.468 e. The van der Waals surface area contributed by atoms with E-state index < -0.39 is 0 Å². The maximum Gasteiger partial charge on any atom is 0.297 e. The Kier molecular flexibility index (Phi) is 10.5. The molecular formula is C66H69BN4O. The number of furan rings is 1. The van der Waals surface area contributed by atoms with Crippen molar-refractivity contribution in [1.82, 2.24) is 4.57 Å². The molecule has 4 heterocycles. The lowest BCUT2D eigenvalue weighted by Gasteiger charge is -2.40. The van der Waals surface area contributed by atoms with Crippen molar-refractivity contribution in [1.29, 1.82) is 5.26 Å². The molecule has 72 heavy (non-hydrogen) atoms. The first-order valence-electron chi connectivity index (χ1n) is 26.0. The summed E-state index contributed by atoms with van der Waals surface area (Å²) in [6.07, 6.45) is 0. The Morgan fingerprint density at radius 1 is 0.542 bits per heavy atom. The van der Waals surface area contributed by atoms with Crippen molar-refractivity contribution in [2.24, 2.45) is 0 Å². The number of anilines is 6. The van der Waals surface area contributed by atoms with Crippen LogP contribution in [-0.4, -0.2) is 11.3 Å².